The molecule has 1 aliphatic rings. The zero-order chi connectivity index (χ0) is 13.9. The van der Waals surface area contributed by atoms with Crippen molar-refractivity contribution in [3.05, 3.63) is 29.8 Å². The number of anilines is 1. The number of nitrogen functional groups attached to an aromatic ring is 1. The minimum atomic E-state index is -3.28. The molecule has 0 bridgehead atoms. The van der Waals surface area contributed by atoms with Crippen molar-refractivity contribution in [1.82, 2.24) is 4.31 Å². The Bertz CT molecular complexity index is 528. The lowest BCUT2D eigenvalue weighted by Gasteiger charge is -2.26. The minimum Gasteiger partial charge on any atom is -0.398 e. The smallest absolute Gasteiger partial charge is 0.218 e. The average molecular weight is 282 g/mol. The molecule has 0 radical (unpaired) electrons. The molecule has 1 saturated heterocycles. The second-order valence-electron chi connectivity index (χ2n) is 5.26. The molecule has 1 fully saturated rings. The number of para-hydroxylation sites is 1. The molecule has 0 amide bonds. The van der Waals surface area contributed by atoms with Gasteiger partial charge in [-0.1, -0.05) is 31.0 Å². The standard InChI is InChI=1S/C14H22N2O2S/c1-12-7-3-2-6-10-16(12)19(17,18)11-13-8-4-5-9-14(13)15/h4-5,8-9,12H,2-3,6-7,10-11,15H2,1H3. The summed E-state index contributed by atoms with van der Waals surface area (Å²) in [5.41, 5.74) is 7.08. The van der Waals surface area contributed by atoms with Gasteiger partial charge in [-0.25, -0.2) is 8.42 Å². The van der Waals surface area contributed by atoms with Crippen molar-refractivity contribution in [2.75, 3.05) is 12.3 Å². The van der Waals surface area contributed by atoms with E-state index in [9.17, 15) is 8.42 Å². The van der Waals surface area contributed by atoms with E-state index in [1.54, 1.807) is 16.4 Å². The lowest BCUT2D eigenvalue weighted by Crippen LogP contribution is -2.39. The highest BCUT2D eigenvalue weighted by Gasteiger charge is 2.28. The third kappa shape index (κ3) is 3.48. The van der Waals surface area contributed by atoms with E-state index in [4.69, 9.17) is 5.73 Å². The fourth-order valence-corrected chi connectivity index (χ4v) is 4.49. The van der Waals surface area contributed by atoms with Crippen LogP contribution < -0.4 is 5.73 Å². The molecule has 5 heteroatoms. The number of hydrogen-bond donors (Lipinski definition) is 1. The zero-order valence-electron chi connectivity index (χ0n) is 11.4. The quantitative estimate of drug-likeness (QED) is 0.866. The van der Waals surface area contributed by atoms with Crippen molar-refractivity contribution in [1.29, 1.82) is 0 Å². The number of sulfonamides is 1. The highest BCUT2D eigenvalue weighted by Crippen LogP contribution is 2.23. The van der Waals surface area contributed by atoms with Gasteiger partial charge in [0.2, 0.25) is 10.0 Å². The van der Waals surface area contributed by atoms with Gasteiger partial charge in [0.05, 0.1) is 5.75 Å². The first-order chi connectivity index (χ1) is 9.00. The summed E-state index contributed by atoms with van der Waals surface area (Å²) in [6.45, 7) is 2.63. The largest absolute Gasteiger partial charge is 0.398 e. The topological polar surface area (TPSA) is 63.4 Å². The molecule has 0 saturated carbocycles. The molecule has 0 spiro atoms. The zero-order valence-corrected chi connectivity index (χ0v) is 12.2. The molecule has 19 heavy (non-hydrogen) atoms. The van der Waals surface area contributed by atoms with Crippen LogP contribution in [0.15, 0.2) is 24.3 Å². The van der Waals surface area contributed by atoms with Crippen molar-refractivity contribution < 1.29 is 8.42 Å². The predicted octanol–water partition coefficient (Wildman–Crippen LogP) is 2.36. The molecule has 1 heterocycles. The first kappa shape index (κ1) is 14.3. The summed E-state index contributed by atoms with van der Waals surface area (Å²) in [6, 6.07) is 7.27. The molecule has 0 aromatic heterocycles. The lowest BCUT2D eigenvalue weighted by atomic mass is 10.1. The van der Waals surface area contributed by atoms with Gasteiger partial charge in [-0.15, -0.1) is 0 Å². The third-order valence-corrected chi connectivity index (χ3v) is 5.68. The van der Waals surface area contributed by atoms with E-state index in [0.717, 1.165) is 25.7 Å². The molecule has 1 aromatic rings. The number of benzene rings is 1. The van der Waals surface area contributed by atoms with Crippen LogP contribution in [-0.4, -0.2) is 25.3 Å². The van der Waals surface area contributed by atoms with Gasteiger partial charge in [0, 0.05) is 18.3 Å². The fourth-order valence-electron chi connectivity index (χ4n) is 2.61. The van der Waals surface area contributed by atoms with E-state index >= 15 is 0 Å². The Morgan fingerprint density at radius 3 is 2.74 bits per heavy atom. The molecule has 0 aliphatic carbocycles. The van der Waals surface area contributed by atoms with Gasteiger partial charge in [0.1, 0.15) is 0 Å². The van der Waals surface area contributed by atoms with Crippen LogP contribution in [-0.2, 0) is 15.8 Å². The molecule has 4 nitrogen and oxygen atoms in total. The maximum absolute atomic E-state index is 12.5. The van der Waals surface area contributed by atoms with Gasteiger partial charge < -0.3 is 5.73 Å². The molecular formula is C14H22N2O2S. The number of rotatable bonds is 3. The molecular weight excluding hydrogens is 260 g/mol. The van der Waals surface area contributed by atoms with Gasteiger partial charge >= 0.3 is 0 Å². The minimum absolute atomic E-state index is 0.00398. The molecule has 106 valence electrons. The normalized spacial score (nSPS) is 22.1. The first-order valence-electron chi connectivity index (χ1n) is 6.83. The van der Waals surface area contributed by atoms with Gasteiger partial charge in [-0.3, -0.25) is 0 Å². The van der Waals surface area contributed by atoms with Crippen LogP contribution in [0, 0.1) is 0 Å². The van der Waals surface area contributed by atoms with Crippen LogP contribution in [0.1, 0.15) is 38.2 Å². The molecule has 1 unspecified atom stereocenters. The lowest BCUT2D eigenvalue weighted by molar-refractivity contribution is 0.341. The highest BCUT2D eigenvalue weighted by molar-refractivity contribution is 7.88. The summed E-state index contributed by atoms with van der Waals surface area (Å²) in [5, 5.41) is 0. The molecule has 1 aliphatic heterocycles. The fraction of sp³-hybridized carbons (Fsp3) is 0.571. The van der Waals surface area contributed by atoms with Crippen LogP contribution in [0.2, 0.25) is 0 Å². The molecule has 2 rings (SSSR count). The van der Waals surface area contributed by atoms with Crippen LogP contribution in [0.3, 0.4) is 0 Å². The Labute approximate surface area is 115 Å². The summed E-state index contributed by atoms with van der Waals surface area (Å²) < 4.78 is 26.7. The summed E-state index contributed by atoms with van der Waals surface area (Å²) in [6.07, 6.45) is 4.13. The van der Waals surface area contributed by atoms with Crippen molar-refractivity contribution >= 4 is 15.7 Å². The van der Waals surface area contributed by atoms with Gasteiger partial charge in [0.25, 0.3) is 0 Å². The second kappa shape index (κ2) is 5.92. The van der Waals surface area contributed by atoms with E-state index < -0.39 is 10.0 Å². The molecule has 1 atom stereocenters. The van der Waals surface area contributed by atoms with Crippen molar-refractivity contribution in [3.8, 4) is 0 Å². The number of hydrogen-bond acceptors (Lipinski definition) is 3. The maximum atomic E-state index is 12.5. The SMILES string of the molecule is CC1CCCCCN1S(=O)(=O)Cc1ccccc1N. The van der Waals surface area contributed by atoms with Gasteiger partial charge in [0.15, 0.2) is 0 Å². The van der Waals surface area contributed by atoms with Crippen LogP contribution in [0.25, 0.3) is 0 Å². The highest BCUT2D eigenvalue weighted by atomic mass is 32.2. The average Bonchev–Trinajstić information content (AvgIpc) is 2.57. The summed E-state index contributed by atoms with van der Waals surface area (Å²) in [5.74, 6) is 0.00398. The van der Waals surface area contributed by atoms with E-state index in [2.05, 4.69) is 0 Å². The van der Waals surface area contributed by atoms with E-state index in [1.807, 2.05) is 19.1 Å². The Hall–Kier alpha value is -1.07. The molecule has 1 aromatic carbocycles. The second-order valence-corrected chi connectivity index (χ2v) is 7.19. The van der Waals surface area contributed by atoms with Crippen molar-refractivity contribution in [2.24, 2.45) is 0 Å². The van der Waals surface area contributed by atoms with Crippen LogP contribution in [0.5, 0.6) is 0 Å². The third-order valence-electron chi connectivity index (χ3n) is 3.74. The Morgan fingerprint density at radius 1 is 1.26 bits per heavy atom. The maximum Gasteiger partial charge on any atom is 0.218 e. The summed E-state index contributed by atoms with van der Waals surface area (Å²) in [7, 11) is -3.28. The van der Waals surface area contributed by atoms with E-state index in [-0.39, 0.29) is 11.8 Å². The van der Waals surface area contributed by atoms with Crippen LogP contribution >= 0.6 is 0 Å². The number of nitrogens with two attached hydrogens (primary N) is 1. The predicted molar refractivity (Wildman–Crippen MR) is 78.1 cm³/mol. The van der Waals surface area contributed by atoms with E-state index in [1.165, 1.54) is 0 Å². The molecule has 2 N–H and O–H groups in total. The Kier molecular flexibility index (Phi) is 4.47. The van der Waals surface area contributed by atoms with Gasteiger partial charge in [-0.2, -0.15) is 4.31 Å². The van der Waals surface area contributed by atoms with Crippen LogP contribution in [0.4, 0.5) is 5.69 Å². The van der Waals surface area contributed by atoms with Crippen molar-refractivity contribution in [3.63, 3.8) is 0 Å². The van der Waals surface area contributed by atoms with Gasteiger partial charge in [-0.05, 0) is 31.4 Å². The Morgan fingerprint density at radius 2 is 2.00 bits per heavy atom. The summed E-state index contributed by atoms with van der Waals surface area (Å²) in [4.78, 5) is 0. The number of nitrogens with zero attached hydrogens (tertiary/aromatic N) is 1. The van der Waals surface area contributed by atoms with E-state index in [0.29, 0.717) is 17.8 Å². The Balaban J connectivity index is 2.20. The first-order valence-corrected chi connectivity index (χ1v) is 8.44. The monoisotopic (exact) mass is 282 g/mol. The summed E-state index contributed by atoms with van der Waals surface area (Å²) >= 11 is 0. The van der Waals surface area contributed by atoms with Crippen molar-refractivity contribution in [2.45, 2.75) is 44.4 Å².